The summed E-state index contributed by atoms with van der Waals surface area (Å²) < 4.78 is 71.0. The highest BCUT2D eigenvalue weighted by atomic mass is 32.2. The number of nitrogens with one attached hydrogen (secondary N) is 2. The number of carbonyl (C=O) groups excluding carboxylic acids is 1. The number of morpholine rings is 1. The first-order valence-electron chi connectivity index (χ1n) is 10.5. The van der Waals surface area contributed by atoms with Crippen molar-refractivity contribution in [2.24, 2.45) is 0 Å². The fourth-order valence-electron chi connectivity index (χ4n) is 3.61. The zero-order valence-electron chi connectivity index (χ0n) is 18.1. The van der Waals surface area contributed by atoms with Gasteiger partial charge in [0, 0.05) is 31.7 Å². The number of carbonyl (C=O) groups is 1. The summed E-state index contributed by atoms with van der Waals surface area (Å²) >= 11 is 0. The predicted molar refractivity (Wildman–Crippen MR) is 116 cm³/mol. The van der Waals surface area contributed by atoms with E-state index in [-0.39, 0.29) is 29.6 Å². The van der Waals surface area contributed by atoms with Gasteiger partial charge in [-0.05, 0) is 35.9 Å². The van der Waals surface area contributed by atoms with Crippen LogP contribution in [0, 0.1) is 0 Å². The molecule has 1 heterocycles. The van der Waals surface area contributed by atoms with E-state index in [0.717, 1.165) is 12.1 Å². The van der Waals surface area contributed by atoms with Crippen molar-refractivity contribution in [3.8, 4) is 0 Å². The molecule has 1 aliphatic heterocycles. The summed E-state index contributed by atoms with van der Waals surface area (Å²) in [5, 5.41) is 2.79. The van der Waals surface area contributed by atoms with Gasteiger partial charge in [0.25, 0.3) is 5.91 Å². The molecule has 0 bridgehead atoms. The van der Waals surface area contributed by atoms with Crippen LogP contribution in [0.15, 0.2) is 53.4 Å². The molecule has 180 valence electrons. The molecule has 0 radical (unpaired) electrons. The monoisotopic (exact) mass is 485 g/mol. The third-order valence-corrected chi connectivity index (χ3v) is 6.85. The van der Waals surface area contributed by atoms with Crippen LogP contribution < -0.4 is 10.0 Å². The van der Waals surface area contributed by atoms with E-state index in [1.165, 1.54) is 36.4 Å². The van der Waals surface area contributed by atoms with Crippen LogP contribution in [-0.4, -0.2) is 58.6 Å². The average Bonchev–Trinajstić information content (AvgIpc) is 2.79. The SMILES string of the molecule is CCNS(=O)(=O)c1cccc(C(=O)NCC(c2ccc(C(F)(F)F)cc2)N2CCOCC2)c1. The molecule has 1 amide bonds. The maximum atomic E-state index is 13.0. The van der Waals surface area contributed by atoms with Crippen LogP contribution in [0.25, 0.3) is 0 Å². The Balaban J connectivity index is 1.78. The minimum Gasteiger partial charge on any atom is -0.379 e. The molecule has 0 aliphatic carbocycles. The lowest BCUT2D eigenvalue weighted by molar-refractivity contribution is -0.137. The van der Waals surface area contributed by atoms with E-state index in [9.17, 15) is 26.4 Å². The number of benzene rings is 2. The Labute approximate surface area is 191 Å². The predicted octanol–water partition coefficient (Wildman–Crippen LogP) is 2.81. The van der Waals surface area contributed by atoms with Gasteiger partial charge < -0.3 is 10.1 Å². The zero-order chi connectivity index (χ0) is 24.1. The molecule has 7 nitrogen and oxygen atoms in total. The number of sulfonamides is 1. The van der Waals surface area contributed by atoms with Crippen molar-refractivity contribution in [1.29, 1.82) is 0 Å². The van der Waals surface area contributed by atoms with Gasteiger partial charge in [0.05, 0.1) is 29.7 Å². The minimum absolute atomic E-state index is 0.0236. The molecular formula is C22H26F3N3O4S. The van der Waals surface area contributed by atoms with Gasteiger partial charge in [0.2, 0.25) is 10.0 Å². The van der Waals surface area contributed by atoms with Crippen LogP contribution in [0.2, 0.25) is 0 Å². The largest absolute Gasteiger partial charge is 0.416 e. The van der Waals surface area contributed by atoms with E-state index in [1.807, 2.05) is 4.90 Å². The van der Waals surface area contributed by atoms with E-state index < -0.39 is 27.7 Å². The molecule has 0 spiro atoms. The summed E-state index contributed by atoms with van der Waals surface area (Å²) in [6.45, 7) is 4.10. The molecular weight excluding hydrogens is 459 g/mol. The fraction of sp³-hybridized carbons (Fsp3) is 0.409. The van der Waals surface area contributed by atoms with Gasteiger partial charge >= 0.3 is 6.18 Å². The second-order valence-electron chi connectivity index (χ2n) is 7.52. The van der Waals surface area contributed by atoms with Crippen LogP contribution in [0.1, 0.15) is 34.5 Å². The summed E-state index contributed by atoms with van der Waals surface area (Å²) in [4.78, 5) is 14.8. The van der Waals surface area contributed by atoms with Crippen LogP contribution in [0.4, 0.5) is 13.2 Å². The first-order valence-corrected chi connectivity index (χ1v) is 12.0. The third kappa shape index (κ3) is 6.53. The van der Waals surface area contributed by atoms with Crippen LogP contribution in [0.5, 0.6) is 0 Å². The highest BCUT2D eigenvalue weighted by Gasteiger charge is 2.31. The second kappa shape index (κ2) is 10.6. The highest BCUT2D eigenvalue weighted by Crippen LogP contribution is 2.31. The molecule has 2 N–H and O–H groups in total. The molecule has 3 rings (SSSR count). The maximum absolute atomic E-state index is 13.0. The van der Waals surface area contributed by atoms with E-state index in [0.29, 0.717) is 31.9 Å². The molecule has 0 aromatic heterocycles. The van der Waals surface area contributed by atoms with Crippen LogP contribution in [0.3, 0.4) is 0 Å². The van der Waals surface area contributed by atoms with Crippen LogP contribution in [-0.2, 0) is 20.9 Å². The molecule has 2 aromatic rings. The van der Waals surface area contributed by atoms with Crippen molar-refractivity contribution >= 4 is 15.9 Å². The average molecular weight is 486 g/mol. The number of hydrogen-bond donors (Lipinski definition) is 2. The quantitative estimate of drug-likeness (QED) is 0.601. The molecule has 0 saturated carbocycles. The fourth-order valence-corrected chi connectivity index (χ4v) is 4.70. The number of hydrogen-bond acceptors (Lipinski definition) is 5. The van der Waals surface area contributed by atoms with E-state index in [1.54, 1.807) is 6.92 Å². The number of alkyl halides is 3. The number of halogens is 3. The summed E-state index contributed by atoms with van der Waals surface area (Å²) in [5.74, 6) is -0.478. The molecule has 1 aliphatic rings. The molecule has 1 fully saturated rings. The smallest absolute Gasteiger partial charge is 0.379 e. The van der Waals surface area contributed by atoms with Crippen molar-refractivity contribution in [2.45, 2.75) is 24.0 Å². The minimum atomic E-state index is -4.43. The van der Waals surface area contributed by atoms with Gasteiger partial charge in [-0.25, -0.2) is 13.1 Å². The van der Waals surface area contributed by atoms with Gasteiger partial charge in [0.1, 0.15) is 0 Å². The highest BCUT2D eigenvalue weighted by molar-refractivity contribution is 7.89. The molecule has 1 unspecified atom stereocenters. The van der Waals surface area contributed by atoms with Gasteiger partial charge in [-0.2, -0.15) is 13.2 Å². The topological polar surface area (TPSA) is 87.7 Å². The normalized spacial score (nSPS) is 16.4. The van der Waals surface area contributed by atoms with Gasteiger partial charge in [-0.15, -0.1) is 0 Å². The van der Waals surface area contributed by atoms with Crippen molar-refractivity contribution in [2.75, 3.05) is 39.4 Å². The number of ether oxygens (including phenoxy) is 1. The van der Waals surface area contributed by atoms with Crippen molar-refractivity contribution in [1.82, 2.24) is 14.9 Å². The lowest BCUT2D eigenvalue weighted by Crippen LogP contribution is -2.43. The Morgan fingerprint density at radius 2 is 1.79 bits per heavy atom. The number of rotatable bonds is 8. The molecule has 11 heteroatoms. The van der Waals surface area contributed by atoms with E-state index in [2.05, 4.69) is 10.0 Å². The zero-order valence-corrected chi connectivity index (χ0v) is 18.9. The van der Waals surface area contributed by atoms with Gasteiger partial charge in [-0.3, -0.25) is 9.69 Å². The second-order valence-corrected chi connectivity index (χ2v) is 9.29. The van der Waals surface area contributed by atoms with E-state index >= 15 is 0 Å². The van der Waals surface area contributed by atoms with Crippen LogP contribution >= 0.6 is 0 Å². The Hall–Kier alpha value is -2.47. The Morgan fingerprint density at radius 1 is 1.12 bits per heavy atom. The molecule has 1 atom stereocenters. The maximum Gasteiger partial charge on any atom is 0.416 e. The molecule has 2 aromatic carbocycles. The van der Waals surface area contributed by atoms with Gasteiger partial charge in [0.15, 0.2) is 0 Å². The first kappa shape index (κ1) is 25.2. The summed E-state index contributed by atoms with van der Waals surface area (Å²) in [6, 6.07) is 10.2. The number of amides is 1. The lowest BCUT2D eigenvalue weighted by atomic mass is 10.0. The Kier molecular flexibility index (Phi) is 8.11. The first-order chi connectivity index (χ1) is 15.6. The van der Waals surface area contributed by atoms with E-state index in [4.69, 9.17) is 4.74 Å². The Bertz CT molecular complexity index is 1050. The third-order valence-electron chi connectivity index (χ3n) is 5.31. The van der Waals surface area contributed by atoms with Crippen molar-refractivity contribution in [3.05, 3.63) is 65.2 Å². The van der Waals surface area contributed by atoms with Gasteiger partial charge in [-0.1, -0.05) is 25.1 Å². The summed E-state index contributed by atoms with van der Waals surface area (Å²) in [7, 11) is -3.72. The van der Waals surface area contributed by atoms with Crippen molar-refractivity contribution in [3.63, 3.8) is 0 Å². The molecule has 1 saturated heterocycles. The molecule has 33 heavy (non-hydrogen) atoms. The summed E-state index contributed by atoms with van der Waals surface area (Å²) in [5.41, 5.74) is 0.0607. The van der Waals surface area contributed by atoms with Crippen molar-refractivity contribution < 1.29 is 31.1 Å². The summed E-state index contributed by atoms with van der Waals surface area (Å²) in [6.07, 6.45) is -4.43. The Morgan fingerprint density at radius 3 is 2.39 bits per heavy atom. The standard InChI is InChI=1S/C22H26F3N3O4S/c1-2-27-33(30,31)19-5-3-4-17(14-19)21(29)26-15-20(28-10-12-32-13-11-28)16-6-8-18(9-7-16)22(23,24)25/h3-9,14,20,27H,2,10-13,15H2,1H3,(H,26,29). The number of nitrogens with zero attached hydrogens (tertiary/aromatic N) is 1. The lowest BCUT2D eigenvalue weighted by Gasteiger charge is -2.35.